The van der Waals surface area contributed by atoms with Gasteiger partial charge in [-0.3, -0.25) is 9.69 Å². The first-order chi connectivity index (χ1) is 18.9. The highest BCUT2D eigenvalue weighted by atomic mass is 32.2. The van der Waals surface area contributed by atoms with Crippen molar-refractivity contribution in [3.8, 4) is 5.75 Å². The van der Waals surface area contributed by atoms with Crippen molar-refractivity contribution in [1.29, 1.82) is 0 Å². The highest BCUT2D eigenvalue weighted by Crippen LogP contribution is 2.45. The fourth-order valence-electron chi connectivity index (χ4n) is 5.09. The number of hydrogen-bond acceptors (Lipinski definition) is 7. The number of carbonyl (C=O) groups excluding carboxylic acids is 1. The standard InChI is InChI=1S/C29H31FN2O6S2/c1-39(34,35)23-12-10-22(11-13-23)28(21-6-4-3-5-7-21)32-16-19(17-32)18-38-27-15-26(30)25(14-24(27)20-8-9-20)29(33)31-40(2,36)37/h3-7,10-15,19-20,28H,8-9,16-18H2,1-2H3,(H,31,33)/t28-/m0/s1. The molecule has 212 valence electrons. The summed E-state index contributed by atoms with van der Waals surface area (Å²) in [7, 11) is -7.12. The van der Waals surface area contributed by atoms with Crippen molar-refractivity contribution in [1.82, 2.24) is 9.62 Å². The van der Waals surface area contributed by atoms with Gasteiger partial charge in [0.2, 0.25) is 10.0 Å². The zero-order chi connectivity index (χ0) is 28.7. The number of benzene rings is 3. The van der Waals surface area contributed by atoms with E-state index in [-0.39, 0.29) is 28.3 Å². The summed E-state index contributed by atoms with van der Waals surface area (Å²) >= 11 is 0. The van der Waals surface area contributed by atoms with Gasteiger partial charge in [0, 0.05) is 31.3 Å². The Hall–Kier alpha value is -3.28. The molecular weight excluding hydrogens is 555 g/mol. The lowest BCUT2D eigenvalue weighted by molar-refractivity contribution is 0.0375. The maximum Gasteiger partial charge on any atom is 0.267 e. The first-order valence-electron chi connectivity index (χ1n) is 13.0. The van der Waals surface area contributed by atoms with Gasteiger partial charge >= 0.3 is 0 Å². The molecule has 3 aromatic rings. The van der Waals surface area contributed by atoms with Crippen LogP contribution < -0.4 is 9.46 Å². The molecule has 11 heteroatoms. The van der Waals surface area contributed by atoms with Crippen molar-refractivity contribution in [2.45, 2.75) is 29.7 Å². The third kappa shape index (κ3) is 6.54. The predicted molar refractivity (Wildman–Crippen MR) is 149 cm³/mol. The lowest BCUT2D eigenvalue weighted by Gasteiger charge is -2.44. The Kier molecular flexibility index (Phi) is 7.73. The van der Waals surface area contributed by atoms with Crippen molar-refractivity contribution in [2.24, 2.45) is 5.92 Å². The van der Waals surface area contributed by atoms with E-state index in [4.69, 9.17) is 4.74 Å². The van der Waals surface area contributed by atoms with E-state index < -0.39 is 31.6 Å². The average Bonchev–Trinajstić information content (AvgIpc) is 3.70. The number of nitrogens with zero attached hydrogens (tertiary/aromatic N) is 1. The van der Waals surface area contributed by atoms with E-state index in [1.165, 1.54) is 18.4 Å². The highest BCUT2D eigenvalue weighted by Gasteiger charge is 2.35. The molecule has 1 saturated carbocycles. The molecule has 2 aliphatic rings. The molecule has 5 rings (SSSR count). The van der Waals surface area contributed by atoms with Crippen LogP contribution in [0.3, 0.4) is 0 Å². The van der Waals surface area contributed by atoms with Crippen molar-refractivity contribution >= 4 is 25.8 Å². The zero-order valence-corrected chi connectivity index (χ0v) is 23.8. The Balaban J connectivity index is 1.29. The van der Waals surface area contributed by atoms with E-state index in [9.17, 15) is 26.0 Å². The quantitative estimate of drug-likeness (QED) is 0.384. The maximum absolute atomic E-state index is 14.8. The fourth-order valence-corrected chi connectivity index (χ4v) is 6.17. The van der Waals surface area contributed by atoms with Crippen LogP contribution in [0.5, 0.6) is 5.75 Å². The number of rotatable bonds is 10. The number of likely N-dealkylation sites (tertiary alicyclic amines) is 1. The topological polar surface area (TPSA) is 110 Å². The summed E-state index contributed by atoms with van der Waals surface area (Å²) < 4.78 is 69.4. The molecule has 1 amide bonds. The second-order valence-corrected chi connectivity index (χ2v) is 14.4. The molecule has 3 aromatic carbocycles. The van der Waals surface area contributed by atoms with Crippen LogP contribution in [-0.2, 0) is 19.9 Å². The molecule has 0 aromatic heterocycles. The monoisotopic (exact) mass is 586 g/mol. The first kappa shape index (κ1) is 28.3. The van der Waals surface area contributed by atoms with Gasteiger partial charge in [-0.2, -0.15) is 0 Å². The van der Waals surface area contributed by atoms with Gasteiger partial charge < -0.3 is 4.74 Å². The van der Waals surface area contributed by atoms with Gasteiger partial charge in [0.15, 0.2) is 9.84 Å². The van der Waals surface area contributed by atoms with Gasteiger partial charge in [-0.05, 0) is 53.6 Å². The van der Waals surface area contributed by atoms with Gasteiger partial charge in [-0.1, -0.05) is 42.5 Å². The molecule has 1 aliphatic heterocycles. The Morgan fingerprint density at radius 3 is 2.17 bits per heavy atom. The predicted octanol–water partition coefficient (Wildman–Crippen LogP) is 3.90. The molecule has 1 atom stereocenters. The summed E-state index contributed by atoms with van der Waals surface area (Å²) in [5.41, 5.74) is 2.47. The molecule has 0 bridgehead atoms. The van der Waals surface area contributed by atoms with E-state index in [0.717, 1.165) is 43.3 Å². The minimum atomic E-state index is -3.82. The number of amides is 1. The zero-order valence-electron chi connectivity index (χ0n) is 22.2. The number of sulfonamides is 1. The Morgan fingerprint density at radius 2 is 1.60 bits per heavy atom. The Morgan fingerprint density at radius 1 is 0.975 bits per heavy atom. The maximum atomic E-state index is 14.8. The van der Waals surface area contributed by atoms with Gasteiger partial charge in [-0.15, -0.1) is 0 Å². The summed E-state index contributed by atoms with van der Waals surface area (Å²) in [5.74, 6) is -1.12. The van der Waals surface area contributed by atoms with Crippen molar-refractivity contribution < 1.29 is 30.8 Å². The summed E-state index contributed by atoms with van der Waals surface area (Å²) in [6.45, 7) is 1.81. The van der Waals surface area contributed by atoms with E-state index in [0.29, 0.717) is 17.9 Å². The molecule has 1 saturated heterocycles. The third-order valence-corrected chi connectivity index (χ3v) is 8.89. The molecule has 1 N–H and O–H groups in total. The number of sulfone groups is 1. The van der Waals surface area contributed by atoms with Gasteiger partial charge in [0.1, 0.15) is 11.6 Å². The molecule has 2 fully saturated rings. The SMILES string of the molecule is CS(=O)(=O)NC(=O)c1cc(C2CC2)c(OCC2CN([C@@H](c3ccccc3)c3ccc(S(C)(=O)=O)cc3)C2)cc1F. The van der Waals surface area contributed by atoms with Crippen LogP contribution >= 0.6 is 0 Å². The number of halogens is 1. The van der Waals surface area contributed by atoms with Crippen LogP contribution in [0.2, 0.25) is 0 Å². The molecule has 0 spiro atoms. The van der Waals surface area contributed by atoms with Gasteiger partial charge in [0.05, 0.1) is 29.4 Å². The minimum absolute atomic E-state index is 0.0573. The lowest BCUT2D eigenvalue weighted by atomic mass is 9.90. The normalized spacial score (nSPS) is 17.2. The molecular formula is C29H31FN2O6S2. The molecule has 0 unspecified atom stereocenters. The van der Waals surface area contributed by atoms with E-state index >= 15 is 0 Å². The summed E-state index contributed by atoms with van der Waals surface area (Å²) in [6.07, 6.45) is 3.82. The molecule has 40 heavy (non-hydrogen) atoms. The second kappa shape index (κ2) is 10.9. The summed E-state index contributed by atoms with van der Waals surface area (Å²) in [4.78, 5) is 14.9. The minimum Gasteiger partial charge on any atom is -0.493 e. The number of ether oxygens (including phenoxy) is 1. The number of hydrogen-bond donors (Lipinski definition) is 1. The summed E-state index contributed by atoms with van der Waals surface area (Å²) in [6, 6.07) is 19.5. The van der Waals surface area contributed by atoms with E-state index in [2.05, 4.69) is 4.90 Å². The van der Waals surface area contributed by atoms with Crippen molar-refractivity contribution in [3.63, 3.8) is 0 Å². The average molecular weight is 587 g/mol. The van der Waals surface area contributed by atoms with Crippen LogP contribution in [0.1, 0.15) is 51.8 Å². The van der Waals surface area contributed by atoms with Crippen LogP contribution in [-0.4, -0.2) is 59.9 Å². The van der Waals surface area contributed by atoms with Gasteiger partial charge in [-0.25, -0.2) is 25.9 Å². The van der Waals surface area contributed by atoms with Crippen LogP contribution in [0.25, 0.3) is 0 Å². The van der Waals surface area contributed by atoms with Crippen LogP contribution in [0, 0.1) is 11.7 Å². The number of carbonyl (C=O) groups is 1. The first-order valence-corrected chi connectivity index (χ1v) is 16.7. The molecule has 1 heterocycles. The van der Waals surface area contributed by atoms with Gasteiger partial charge in [0.25, 0.3) is 5.91 Å². The Labute approximate surface area is 234 Å². The Bertz CT molecular complexity index is 1620. The third-order valence-electron chi connectivity index (χ3n) is 7.20. The largest absolute Gasteiger partial charge is 0.493 e. The van der Waals surface area contributed by atoms with Crippen molar-refractivity contribution in [3.05, 3.63) is 94.8 Å². The van der Waals surface area contributed by atoms with Crippen molar-refractivity contribution in [2.75, 3.05) is 32.2 Å². The lowest BCUT2D eigenvalue weighted by Crippen LogP contribution is -2.51. The molecule has 1 aliphatic carbocycles. The van der Waals surface area contributed by atoms with Crippen LogP contribution in [0.15, 0.2) is 71.6 Å². The second-order valence-electron chi connectivity index (χ2n) is 10.6. The van der Waals surface area contributed by atoms with E-state index in [1.807, 2.05) is 47.2 Å². The van der Waals surface area contributed by atoms with E-state index in [1.54, 1.807) is 12.1 Å². The fraction of sp³-hybridized carbons (Fsp3) is 0.345. The molecule has 0 radical (unpaired) electrons. The number of nitrogens with one attached hydrogen (secondary N) is 1. The van der Waals surface area contributed by atoms with Crippen LogP contribution in [0.4, 0.5) is 4.39 Å². The molecule has 8 nitrogen and oxygen atoms in total. The smallest absolute Gasteiger partial charge is 0.267 e. The summed E-state index contributed by atoms with van der Waals surface area (Å²) in [5, 5.41) is 0. The highest BCUT2D eigenvalue weighted by molar-refractivity contribution is 7.90.